The van der Waals surface area contributed by atoms with Gasteiger partial charge in [0.15, 0.2) is 0 Å². The number of alkyl halides is 3. The standard InChI is InChI=1S/C13H16BrF3N4/c14-9-5-11(13(15,16)17)12(19-6-9)21-3-1-20(2-4-21)10-7-18-8-10/h5-6,10,18H,1-4,7-8H2. The Hall–Kier alpha value is -0.860. The first-order chi connectivity index (χ1) is 9.95. The quantitative estimate of drug-likeness (QED) is 0.869. The molecule has 3 heterocycles. The molecule has 0 spiro atoms. The first kappa shape index (κ1) is 15.1. The van der Waals surface area contributed by atoms with Crippen molar-refractivity contribution in [1.29, 1.82) is 0 Å². The number of anilines is 1. The third kappa shape index (κ3) is 3.17. The van der Waals surface area contributed by atoms with Crippen molar-refractivity contribution in [3.63, 3.8) is 0 Å². The minimum Gasteiger partial charge on any atom is -0.354 e. The van der Waals surface area contributed by atoms with Crippen LogP contribution in [0.15, 0.2) is 16.7 Å². The lowest BCUT2D eigenvalue weighted by molar-refractivity contribution is -0.137. The van der Waals surface area contributed by atoms with Gasteiger partial charge in [0.25, 0.3) is 0 Å². The second kappa shape index (κ2) is 5.73. The second-order valence-corrected chi connectivity index (χ2v) is 6.27. The molecule has 0 saturated carbocycles. The van der Waals surface area contributed by atoms with Crippen molar-refractivity contribution >= 4 is 21.7 Å². The molecule has 4 nitrogen and oxygen atoms in total. The van der Waals surface area contributed by atoms with Gasteiger partial charge in [0.1, 0.15) is 5.82 Å². The molecule has 1 aromatic rings. The number of halogens is 4. The predicted molar refractivity (Wildman–Crippen MR) is 77.4 cm³/mol. The molecule has 2 aliphatic rings. The van der Waals surface area contributed by atoms with E-state index in [4.69, 9.17) is 0 Å². The molecular formula is C13H16BrF3N4. The molecule has 3 rings (SSSR count). The van der Waals surface area contributed by atoms with Gasteiger partial charge in [0, 0.05) is 56.0 Å². The smallest absolute Gasteiger partial charge is 0.354 e. The molecule has 1 aromatic heterocycles. The molecule has 2 fully saturated rings. The van der Waals surface area contributed by atoms with Gasteiger partial charge in [-0.2, -0.15) is 13.2 Å². The van der Waals surface area contributed by atoms with Crippen LogP contribution < -0.4 is 10.2 Å². The van der Waals surface area contributed by atoms with Gasteiger partial charge >= 0.3 is 6.18 Å². The minimum atomic E-state index is -4.39. The summed E-state index contributed by atoms with van der Waals surface area (Å²) in [7, 11) is 0. The number of hydrogen-bond acceptors (Lipinski definition) is 4. The number of piperazine rings is 1. The topological polar surface area (TPSA) is 31.4 Å². The average molecular weight is 365 g/mol. The summed E-state index contributed by atoms with van der Waals surface area (Å²) >= 11 is 3.06. The van der Waals surface area contributed by atoms with Gasteiger partial charge < -0.3 is 10.2 Å². The summed E-state index contributed by atoms with van der Waals surface area (Å²) < 4.78 is 39.8. The van der Waals surface area contributed by atoms with Crippen LogP contribution in [-0.4, -0.2) is 55.2 Å². The van der Waals surface area contributed by atoms with Gasteiger partial charge in [-0.25, -0.2) is 4.98 Å². The number of pyridine rings is 1. The predicted octanol–water partition coefficient (Wildman–Crippen LogP) is 1.96. The maximum atomic E-state index is 13.1. The highest BCUT2D eigenvalue weighted by Gasteiger charge is 2.37. The molecule has 0 unspecified atom stereocenters. The van der Waals surface area contributed by atoms with E-state index >= 15 is 0 Å². The zero-order chi connectivity index (χ0) is 15.0. The fourth-order valence-corrected chi connectivity index (χ4v) is 3.05. The van der Waals surface area contributed by atoms with Crippen LogP contribution in [0, 0.1) is 0 Å². The van der Waals surface area contributed by atoms with Gasteiger partial charge in [0.05, 0.1) is 5.56 Å². The molecule has 1 N–H and O–H groups in total. The van der Waals surface area contributed by atoms with Crippen molar-refractivity contribution in [3.05, 3.63) is 22.3 Å². The van der Waals surface area contributed by atoms with Crippen LogP contribution in [-0.2, 0) is 6.18 Å². The van der Waals surface area contributed by atoms with Gasteiger partial charge in [-0.1, -0.05) is 0 Å². The maximum Gasteiger partial charge on any atom is 0.419 e. The average Bonchev–Trinajstić information content (AvgIpc) is 2.37. The Labute approximate surface area is 129 Å². The highest BCUT2D eigenvalue weighted by Crippen LogP contribution is 2.37. The zero-order valence-corrected chi connectivity index (χ0v) is 12.9. The molecule has 0 atom stereocenters. The summed E-state index contributed by atoms with van der Waals surface area (Å²) in [4.78, 5) is 8.07. The Morgan fingerprint density at radius 2 is 1.86 bits per heavy atom. The lowest BCUT2D eigenvalue weighted by Crippen LogP contribution is -2.61. The van der Waals surface area contributed by atoms with Crippen LogP contribution >= 0.6 is 15.9 Å². The largest absolute Gasteiger partial charge is 0.419 e. The minimum absolute atomic E-state index is 0.0390. The number of aromatic nitrogens is 1. The zero-order valence-electron chi connectivity index (χ0n) is 11.3. The third-order valence-electron chi connectivity index (χ3n) is 4.03. The van der Waals surface area contributed by atoms with Crippen molar-refractivity contribution in [1.82, 2.24) is 15.2 Å². The molecule has 116 valence electrons. The summed E-state index contributed by atoms with van der Waals surface area (Å²) in [6, 6.07) is 1.64. The van der Waals surface area contributed by atoms with Gasteiger partial charge in [-0.15, -0.1) is 0 Å². The number of rotatable bonds is 2. The number of nitrogens with zero attached hydrogens (tertiary/aromatic N) is 3. The first-order valence-electron chi connectivity index (χ1n) is 6.87. The summed E-state index contributed by atoms with van der Waals surface area (Å²) in [6.45, 7) is 4.67. The molecule has 0 aliphatic carbocycles. The van der Waals surface area contributed by atoms with E-state index in [1.54, 1.807) is 4.90 Å². The Morgan fingerprint density at radius 1 is 1.19 bits per heavy atom. The highest BCUT2D eigenvalue weighted by molar-refractivity contribution is 9.10. The maximum absolute atomic E-state index is 13.1. The van der Waals surface area contributed by atoms with Crippen molar-refractivity contribution in [2.24, 2.45) is 0 Å². The van der Waals surface area contributed by atoms with Crippen molar-refractivity contribution in [3.8, 4) is 0 Å². The molecule has 2 aliphatic heterocycles. The first-order valence-corrected chi connectivity index (χ1v) is 7.67. The van der Waals surface area contributed by atoms with Crippen LogP contribution in [0.1, 0.15) is 5.56 Å². The molecule has 0 radical (unpaired) electrons. The van der Waals surface area contributed by atoms with E-state index in [1.807, 2.05) is 0 Å². The SMILES string of the molecule is FC(F)(F)c1cc(Br)cnc1N1CCN(C2CNC2)CC1. The molecule has 0 aromatic carbocycles. The highest BCUT2D eigenvalue weighted by atomic mass is 79.9. The van der Waals surface area contributed by atoms with Crippen molar-refractivity contribution in [2.75, 3.05) is 44.2 Å². The summed E-state index contributed by atoms with van der Waals surface area (Å²) in [6.07, 6.45) is -2.96. The summed E-state index contributed by atoms with van der Waals surface area (Å²) in [5.74, 6) is 0.0390. The van der Waals surface area contributed by atoms with E-state index in [1.165, 1.54) is 6.20 Å². The number of nitrogens with one attached hydrogen (secondary N) is 1. The Bertz CT molecular complexity index is 511. The van der Waals surface area contributed by atoms with Crippen LogP contribution in [0.2, 0.25) is 0 Å². The lowest BCUT2D eigenvalue weighted by atomic mass is 10.1. The van der Waals surface area contributed by atoms with Crippen LogP contribution in [0.5, 0.6) is 0 Å². The molecule has 0 amide bonds. The fraction of sp³-hybridized carbons (Fsp3) is 0.615. The van der Waals surface area contributed by atoms with E-state index in [-0.39, 0.29) is 5.82 Å². The van der Waals surface area contributed by atoms with Crippen molar-refractivity contribution in [2.45, 2.75) is 12.2 Å². The molecule has 0 bridgehead atoms. The Balaban J connectivity index is 1.75. The second-order valence-electron chi connectivity index (χ2n) is 5.36. The molecule has 2 saturated heterocycles. The van der Waals surface area contributed by atoms with Crippen LogP contribution in [0.3, 0.4) is 0 Å². The van der Waals surface area contributed by atoms with Gasteiger partial charge in [-0.05, 0) is 22.0 Å². The van der Waals surface area contributed by atoms with Crippen LogP contribution in [0.25, 0.3) is 0 Å². The van der Waals surface area contributed by atoms with E-state index in [0.29, 0.717) is 23.6 Å². The van der Waals surface area contributed by atoms with E-state index in [2.05, 4.69) is 31.1 Å². The monoisotopic (exact) mass is 364 g/mol. The third-order valence-corrected chi connectivity index (χ3v) is 4.46. The fourth-order valence-electron chi connectivity index (χ4n) is 2.72. The number of hydrogen-bond donors (Lipinski definition) is 1. The lowest BCUT2D eigenvalue weighted by Gasteiger charge is -2.43. The van der Waals surface area contributed by atoms with E-state index in [9.17, 15) is 13.2 Å². The van der Waals surface area contributed by atoms with Gasteiger partial charge in [-0.3, -0.25) is 4.90 Å². The van der Waals surface area contributed by atoms with E-state index < -0.39 is 11.7 Å². The molecule has 8 heteroatoms. The normalized spacial score (nSPS) is 21.4. The Kier molecular flexibility index (Phi) is 4.11. The summed E-state index contributed by atoms with van der Waals surface area (Å²) in [5.41, 5.74) is -0.671. The molecule has 21 heavy (non-hydrogen) atoms. The Morgan fingerprint density at radius 3 is 2.38 bits per heavy atom. The van der Waals surface area contributed by atoms with E-state index in [0.717, 1.165) is 32.2 Å². The van der Waals surface area contributed by atoms with Crippen molar-refractivity contribution < 1.29 is 13.2 Å². The summed E-state index contributed by atoms with van der Waals surface area (Å²) in [5, 5.41) is 3.22. The molecular weight excluding hydrogens is 349 g/mol. The van der Waals surface area contributed by atoms with Gasteiger partial charge in [0.2, 0.25) is 0 Å². The van der Waals surface area contributed by atoms with Crippen LogP contribution in [0.4, 0.5) is 19.0 Å².